The summed E-state index contributed by atoms with van der Waals surface area (Å²) in [5.41, 5.74) is 7.88. The second kappa shape index (κ2) is 8.77. The summed E-state index contributed by atoms with van der Waals surface area (Å²) in [5, 5.41) is 2.83. The van der Waals surface area contributed by atoms with Crippen molar-refractivity contribution in [3.05, 3.63) is 77.7 Å². The third kappa shape index (κ3) is 4.32. The van der Waals surface area contributed by atoms with Crippen LogP contribution in [-0.2, 0) is 6.54 Å². The van der Waals surface area contributed by atoms with E-state index < -0.39 is 0 Å². The largest absolute Gasteiger partial charge is 0.383 e. The van der Waals surface area contributed by atoms with E-state index in [4.69, 9.17) is 5.73 Å². The van der Waals surface area contributed by atoms with Gasteiger partial charge in [-0.05, 0) is 17.7 Å². The number of amides is 1. The molecule has 1 saturated heterocycles. The van der Waals surface area contributed by atoms with Gasteiger partial charge in [0.1, 0.15) is 11.6 Å². The summed E-state index contributed by atoms with van der Waals surface area (Å²) in [6.07, 6.45) is 1.46. The van der Waals surface area contributed by atoms with E-state index in [-0.39, 0.29) is 23.1 Å². The lowest BCUT2D eigenvalue weighted by Gasteiger charge is -2.36. The normalized spacial score (nSPS) is 13.9. The number of piperazine rings is 1. The number of hydrogen-bond donors (Lipinski definition) is 2. The number of nitrogens with zero attached hydrogens (tertiary/aromatic N) is 4. The molecule has 8 heteroatoms. The maximum Gasteiger partial charge on any atom is 0.256 e. The summed E-state index contributed by atoms with van der Waals surface area (Å²) < 4.78 is 14.0. The molecule has 2 aromatic carbocycles. The number of para-hydroxylation sites is 1. The standard InChI is InChI=1S/C22H23FN6O/c23-18-8-4-5-9-19(18)28-10-12-29(13-11-28)22-26-15-17(20(24)27-22)21(30)25-14-16-6-2-1-3-7-16/h1-9,15H,10-14H2,(H,25,30)(H2,24,26,27). The highest BCUT2D eigenvalue weighted by atomic mass is 19.1. The number of nitrogen functional groups attached to an aromatic ring is 1. The third-order valence-electron chi connectivity index (χ3n) is 5.10. The van der Waals surface area contributed by atoms with Crippen LogP contribution >= 0.6 is 0 Å². The molecule has 0 bridgehead atoms. The molecule has 1 aliphatic rings. The lowest BCUT2D eigenvalue weighted by Crippen LogP contribution is -2.47. The van der Waals surface area contributed by atoms with E-state index in [0.29, 0.717) is 44.4 Å². The molecule has 7 nitrogen and oxygen atoms in total. The van der Waals surface area contributed by atoms with E-state index in [1.165, 1.54) is 12.3 Å². The Labute approximate surface area is 174 Å². The molecule has 0 unspecified atom stereocenters. The van der Waals surface area contributed by atoms with Gasteiger partial charge in [0.2, 0.25) is 5.95 Å². The zero-order valence-corrected chi connectivity index (χ0v) is 16.5. The average molecular weight is 406 g/mol. The highest BCUT2D eigenvalue weighted by molar-refractivity contribution is 5.98. The van der Waals surface area contributed by atoms with Gasteiger partial charge in [0.05, 0.1) is 11.3 Å². The van der Waals surface area contributed by atoms with Gasteiger partial charge < -0.3 is 20.9 Å². The number of nitrogens with one attached hydrogen (secondary N) is 1. The van der Waals surface area contributed by atoms with Crippen LogP contribution in [0.4, 0.5) is 21.8 Å². The van der Waals surface area contributed by atoms with Gasteiger partial charge in [0.25, 0.3) is 5.91 Å². The van der Waals surface area contributed by atoms with Crippen molar-refractivity contribution < 1.29 is 9.18 Å². The van der Waals surface area contributed by atoms with Gasteiger partial charge in [-0.3, -0.25) is 4.79 Å². The third-order valence-corrected chi connectivity index (χ3v) is 5.10. The van der Waals surface area contributed by atoms with Gasteiger partial charge in [0.15, 0.2) is 0 Å². The van der Waals surface area contributed by atoms with E-state index in [2.05, 4.69) is 15.3 Å². The first-order valence-electron chi connectivity index (χ1n) is 9.81. The SMILES string of the molecule is Nc1nc(N2CCN(c3ccccc3F)CC2)ncc1C(=O)NCc1ccccc1. The van der Waals surface area contributed by atoms with Crippen molar-refractivity contribution in [2.75, 3.05) is 41.7 Å². The Balaban J connectivity index is 1.37. The van der Waals surface area contributed by atoms with Crippen LogP contribution in [0.15, 0.2) is 60.8 Å². The zero-order valence-electron chi connectivity index (χ0n) is 16.5. The molecule has 3 N–H and O–H groups in total. The van der Waals surface area contributed by atoms with Crippen LogP contribution in [0, 0.1) is 5.82 Å². The molecular weight excluding hydrogens is 383 g/mol. The summed E-state index contributed by atoms with van der Waals surface area (Å²) in [6, 6.07) is 16.4. The number of rotatable bonds is 5. The minimum absolute atomic E-state index is 0.141. The van der Waals surface area contributed by atoms with Crippen molar-refractivity contribution in [2.45, 2.75) is 6.54 Å². The van der Waals surface area contributed by atoms with Gasteiger partial charge in [-0.15, -0.1) is 0 Å². The number of hydrogen-bond acceptors (Lipinski definition) is 6. The molecule has 30 heavy (non-hydrogen) atoms. The van der Waals surface area contributed by atoms with Crippen molar-refractivity contribution in [3.8, 4) is 0 Å². The van der Waals surface area contributed by atoms with Crippen LogP contribution in [-0.4, -0.2) is 42.1 Å². The monoisotopic (exact) mass is 406 g/mol. The molecule has 0 saturated carbocycles. The Kier molecular flexibility index (Phi) is 5.74. The van der Waals surface area contributed by atoms with Crippen molar-refractivity contribution in [2.24, 2.45) is 0 Å². The first-order chi connectivity index (χ1) is 14.6. The minimum Gasteiger partial charge on any atom is -0.383 e. The summed E-state index contributed by atoms with van der Waals surface area (Å²) in [7, 11) is 0. The second-order valence-electron chi connectivity index (χ2n) is 7.06. The second-order valence-corrected chi connectivity index (χ2v) is 7.06. The van der Waals surface area contributed by atoms with Crippen molar-refractivity contribution >= 4 is 23.4 Å². The van der Waals surface area contributed by atoms with Crippen molar-refractivity contribution in [1.29, 1.82) is 0 Å². The first kappa shape index (κ1) is 19.6. The van der Waals surface area contributed by atoms with E-state index in [9.17, 15) is 9.18 Å². The van der Waals surface area contributed by atoms with Gasteiger partial charge in [-0.1, -0.05) is 42.5 Å². The molecular formula is C22H23FN6O. The molecule has 0 atom stereocenters. The maximum absolute atomic E-state index is 14.0. The number of nitrogens with two attached hydrogens (primary N) is 1. The molecule has 1 aliphatic heterocycles. The molecule has 4 rings (SSSR count). The Morgan fingerprint density at radius 1 is 1.00 bits per heavy atom. The molecule has 2 heterocycles. The number of carbonyl (C=O) groups is 1. The highest BCUT2D eigenvalue weighted by Crippen LogP contribution is 2.22. The molecule has 3 aromatic rings. The molecule has 1 fully saturated rings. The van der Waals surface area contributed by atoms with Crippen LogP contribution in [0.5, 0.6) is 0 Å². The average Bonchev–Trinajstić information content (AvgIpc) is 2.78. The first-order valence-corrected chi connectivity index (χ1v) is 9.81. The lowest BCUT2D eigenvalue weighted by atomic mass is 10.2. The molecule has 154 valence electrons. The predicted molar refractivity (Wildman–Crippen MR) is 115 cm³/mol. The zero-order chi connectivity index (χ0) is 20.9. The number of anilines is 3. The van der Waals surface area contributed by atoms with E-state index in [1.54, 1.807) is 12.1 Å². The summed E-state index contributed by atoms with van der Waals surface area (Å²) in [6.45, 7) is 2.95. The molecule has 0 aliphatic carbocycles. The molecule has 1 aromatic heterocycles. The summed E-state index contributed by atoms with van der Waals surface area (Å²) in [4.78, 5) is 25.1. The van der Waals surface area contributed by atoms with Gasteiger partial charge in [-0.2, -0.15) is 4.98 Å². The Bertz CT molecular complexity index is 1020. The van der Waals surface area contributed by atoms with Crippen LogP contribution < -0.4 is 20.9 Å². The topological polar surface area (TPSA) is 87.4 Å². The Morgan fingerprint density at radius 2 is 1.67 bits per heavy atom. The fourth-order valence-electron chi connectivity index (χ4n) is 3.44. The minimum atomic E-state index is -0.313. The van der Waals surface area contributed by atoms with Gasteiger partial charge in [0, 0.05) is 38.9 Å². The van der Waals surface area contributed by atoms with Gasteiger partial charge in [-0.25, -0.2) is 9.37 Å². The number of carbonyl (C=O) groups excluding carboxylic acids is 1. The fourth-order valence-corrected chi connectivity index (χ4v) is 3.44. The van der Waals surface area contributed by atoms with Crippen LogP contribution in [0.25, 0.3) is 0 Å². The molecule has 1 amide bonds. The van der Waals surface area contributed by atoms with Crippen molar-refractivity contribution in [1.82, 2.24) is 15.3 Å². The van der Waals surface area contributed by atoms with Crippen LogP contribution in [0.3, 0.4) is 0 Å². The number of halogens is 1. The van der Waals surface area contributed by atoms with E-state index in [0.717, 1.165) is 5.56 Å². The van der Waals surface area contributed by atoms with E-state index in [1.807, 2.05) is 46.2 Å². The maximum atomic E-state index is 14.0. The van der Waals surface area contributed by atoms with Crippen molar-refractivity contribution in [3.63, 3.8) is 0 Å². The molecule has 0 spiro atoms. The van der Waals surface area contributed by atoms with Gasteiger partial charge >= 0.3 is 0 Å². The predicted octanol–water partition coefficient (Wildman–Crippen LogP) is 2.45. The summed E-state index contributed by atoms with van der Waals surface area (Å²) in [5.74, 6) is 0.0759. The van der Waals surface area contributed by atoms with Crippen LogP contribution in [0.1, 0.15) is 15.9 Å². The van der Waals surface area contributed by atoms with E-state index >= 15 is 0 Å². The Hall–Kier alpha value is -3.68. The number of benzene rings is 2. The quantitative estimate of drug-likeness (QED) is 0.677. The summed E-state index contributed by atoms with van der Waals surface area (Å²) >= 11 is 0. The fraction of sp³-hybridized carbons (Fsp3) is 0.227. The number of aromatic nitrogens is 2. The molecule has 0 radical (unpaired) electrons. The van der Waals surface area contributed by atoms with Crippen LogP contribution in [0.2, 0.25) is 0 Å². The Morgan fingerprint density at radius 3 is 2.37 bits per heavy atom. The lowest BCUT2D eigenvalue weighted by molar-refractivity contribution is 0.0951. The highest BCUT2D eigenvalue weighted by Gasteiger charge is 2.22. The smallest absolute Gasteiger partial charge is 0.256 e.